The van der Waals surface area contributed by atoms with E-state index in [-0.39, 0.29) is 9.41 Å². The van der Waals surface area contributed by atoms with Gasteiger partial charge in [-0.3, -0.25) is 9.41 Å². The molecule has 0 amide bonds. The van der Waals surface area contributed by atoms with Gasteiger partial charge in [0.15, 0.2) is 12.5 Å². The molecular weight excluding hydrogens is 86.1 g/mol. The van der Waals surface area contributed by atoms with Crippen molar-refractivity contribution in [2.24, 2.45) is 0 Å². The van der Waals surface area contributed by atoms with E-state index in [9.17, 15) is 0 Å². The largest absolute Gasteiger partial charge is 0.269 e. The van der Waals surface area contributed by atoms with Crippen LogP contribution in [0.5, 0.6) is 0 Å². The lowest BCUT2D eigenvalue weighted by molar-refractivity contribution is 0.702. The van der Waals surface area contributed by atoms with Gasteiger partial charge in [0.05, 0.1) is 0 Å². The van der Waals surface area contributed by atoms with E-state index in [1.807, 2.05) is 0 Å². The monoisotopic (exact) mass is 88.0 g/mol. The highest BCUT2D eigenvalue weighted by Gasteiger charge is 0.734. The van der Waals surface area contributed by atoms with Crippen molar-refractivity contribution in [3.05, 3.63) is 0 Å². The molecule has 28 valence electrons. The zero-order chi connectivity index (χ0) is 2.00. The van der Waals surface area contributed by atoms with E-state index < -0.39 is 0 Å². The van der Waals surface area contributed by atoms with Crippen LogP contribution in [0.2, 0.25) is 0 Å². The van der Waals surface area contributed by atoms with Gasteiger partial charge in [-0.25, -0.2) is 0 Å². The normalized spacial score (nSPS) is 1.00. The minimum absolute atomic E-state index is 0. The molecule has 4 heavy (non-hydrogen) atoms. The molecule has 0 aliphatic heterocycles. The van der Waals surface area contributed by atoms with Crippen LogP contribution in [0.4, 0.5) is 9.41 Å². The standard InChI is InChI=1S/2FH.OS/c;;1-2/h2*1H;. The van der Waals surface area contributed by atoms with Gasteiger partial charge in [-0.05, 0) is 0 Å². The molecule has 0 saturated carbocycles. The van der Waals surface area contributed by atoms with Gasteiger partial charge in [0, 0.05) is 0 Å². The van der Waals surface area contributed by atoms with Crippen molar-refractivity contribution < 1.29 is 13.6 Å². The Balaban J connectivity index is -0.00000000500. The maximum Gasteiger partial charge on any atom is 0.197 e. The van der Waals surface area contributed by atoms with Crippen LogP contribution in [0.15, 0.2) is 0 Å². The predicted molar refractivity (Wildman–Crippen MR) is 13.1 cm³/mol. The molecule has 0 atom stereocenters. The average molecular weight is 88.1 g/mol. The summed E-state index contributed by atoms with van der Waals surface area (Å²) in [6.45, 7) is 0. The summed E-state index contributed by atoms with van der Waals surface area (Å²) >= 11 is 2.83. The smallest absolute Gasteiger partial charge is 0.197 e. The van der Waals surface area contributed by atoms with Crippen LogP contribution in [-0.2, 0) is 12.5 Å². The second-order valence-electron chi connectivity index (χ2n) is 0. The quantitative estimate of drug-likeness (QED) is 0.413. The van der Waals surface area contributed by atoms with Crippen molar-refractivity contribution in [2.45, 2.75) is 0 Å². The molecule has 0 heterocycles. The topological polar surface area (TPSA) is 17.1 Å². The molecule has 0 aromatic rings. The van der Waals surface area contributed by atoms with Gasteiger partial charge in [0.25, 0.3) is 0 Å². The summed E-state index contributed by atoms with van der Waals surface area (Å²) in [7, 11) is 0. The molecule has 0 rings (SSSR count). The lowest BCUT2D eigenvalue weighted by Gasteiger charge is -0.734. The van der Waals surface area contributed by atoms with E-state index in [0.29, 0.717) is 0 Å². The van der Waals surface area contributed by atoms with Crippen molar-refractivity contribution >= 4 is 12.5 Å². The highest BCUT2D eigenvalue weighted by Crippen LogP contribution is 0.558. The van der Waals surface area contributed by atoms with Gasteiger partial charge in [-0.1, -0.05) is 0 Å². The van der Waals surface area contributed by atoms with Crippen LogP contribution >= 0.6 is 0 Å². The molecule has 0 spiro atoms. The highest BCUT2D eigenvalue weighted by atomic mass is 32.1. The summed E-state index contributed by atoms with van der Waals surface area (Å²) in [4.78, 5) is 0. The van der Waals surface area contributed by atoms with Gasteiger partial charge >= 0.3 is 0 Å². The number of hydrogen-bond acceptors (Lipinski definition) is 2. The van der Waals surface area contributed by atoms with Crippen LogP contribution < -0.4 is 0 Å². The van der Waals surface area contributed by atoms with Crippen LogP contribution in [0.3, 0.4) is 0 Å². The molecule has 0 aromatic carbocycles. The molecule has 4 heteroatoms. The van der Waals surface area contributed by atoms with Crippen LogP contribution in [-0.4, -0.2) is 4.21 Å². The third-order valence-corrected chi connectivity index (χ3v) is 0. The fourth-order valence-corrected chi connectivity index (χ4v) is 0. The minimum atomic E-state index is 0. The maximum absolute atomic E-state index is 7.83. The Bertz CT molecular complexity index is 6.00. The van der Waals surface area contributed by atoms with Gasteiger partial charge in [-0.2, -0.15) is 4.21 Å². The van der Waals surface area contributed by atoms with Crippen molar-refractivity contribution in [1.29, 1.82) is 0 Å². The minimum Gasteiger partial charge on any atom is -0.269 e. The van der Waals surface area contributed by atoms with E-state index in [4.69, 9.17) is 4.21 Å². The summed E-state index contributed by atoms with van der Waals surface area (Å²) in [6, 6.07) is 0. The number of rotatable bonds is 0. The first-order valence-corrected chi connectivity index (χ1v) is 0.500. The summed E-state index contributed by atoms with van der Waals surface area (Å²) in [5, 5.41) is 0. The van der Waals surface area contributed by atoms with E-state index >= 15 is 0 Å². The van der Waals surface area contributed by atoms with Gasteiger partial charge in [0.1, 0.15) is 0 Å². The summed E-state index contributed by atoms with van der Waals surface area (Å²) in [5.74, 6) is 0. The first-order chi connectivity index (χ1) is 1.00. The molecule has 1 nitrogen and oxygen atoms in total. The Morgan fingerprint density at radius 3 is 1.00 bits per heavy atom. The van der Waals surface area contributed by atoms with Gasteiger partial charge in [-0.15, -0.1) is 0 Å². The van der Waals surface area contributed by atoms with Gasteiger partial charge < -0.3 is 0 Å². The molecule has 0 aliphatic carbocycles. The van der Waals surface area contributed by atoms with Crippen molar-refractivity contribution in [1.82, 2.24) is 0 Å². The predicted octanol–water partition coefficient (Wildman–Crippen LogP) is -0.0313. The van der Waals surface area contributed by atoms with Crippen molar-refractivity contribution in [3.63, 3.8) is 0 Å². The van der Waals surface area contributed by atoms with Crippen LogP contribution in [0.25, 0.3) is 0 Å². The molecule has 0 saturated heterocycles. The third kappa shape index (κ3) is 101. The zero-order valence-electron chi connectivity index (χ0n) is 1.63. The Hall–Kier alpha value is -0.120. The molecule has 0 aliphatic rings. The van der Waals surface area contributed by atoms with E-state index in [0.717, 1.165) is 0 Å². The SMILES string of the molecule is F.F.O=S. The summed E-state index contributed by atoms with van der Waals surface area (Å²) in [5.41, 5.74) is 0. The first-order valence-electron chi connectivity index (χ1n) is 0.167. The van der Waals surface area contributed by atoms with E-state index in [1.165, 1.54) is 0 Å². The molecule has 0 aromatic heterocycles. The molecule has 0 bridgehead atoms. The Labute approximate surface area is 27.3 Å². The van der Waals surface area contributed by atoms with Crippen molar-refractivity contribution in [3.8, 4) is 0 Å². The third-order valence-electron chi connectivity index (χ3n) is 0. The van der Waals surface area contributed by atoms with Crippen molar-refractivity contribution in [2.75, 3.05) is 0 Å². The fourth-order valence-electron chi connectivity index (χ4n) is 0. The molecule has 0 unspecified atom stereocenters. The first kappa shape index (κ1) is 41.6. The molecular formula is H2F2OS. The molecule has 0 fully saturated rings. The fraction of sp³-hybridized carbons (Fsp3) is 0. The highest BCUT2D eigenvalue weighted by molar-refractivity contribution is 7.44. The average Bonchev–Trinajstić information content (AvgIpc) is 1.00. The van der Waals surface area contributed by atoms with Crippen LogP contribution in [0.1, 0.15) is 0 Å². The second-order valence-corrected chi connectivity index (χ2v) is 0. The Morgan fingerprint density at radius 1 is 1.00 bits per heavy atom. The van der Waals surface area contributed by atoms with Crippen LogP contribution in [0, 0.1) is 0 Å². The lowest BCUT2D eigenvalue weighted by atomic mass is 16.0. The number of halogens is 2. The lowest BCUT2D eigenvalue weighted by Crippen LogP contribution is -0.894. The zero-order valence-corrected chi connectivity index (χ0v) is 2.45. The Kier molecular flexibility index (Phi) is 7340. The Morgan fingerprint density at radius 2 is 1.00 bits per heavy atom. The maximum atomic E-state index is 7.83. The van der Waals surface area contributed by atoms with E-state index in [2.05, 4.69) is 12.5 Å². The van der Waals surface area contributed by atoms with Gasteiger partial charge in [0.2, 0.25) is 0 Å². The molecule has 0 radical (unpaired) electrons. The molecule has 0 N–H and O–H groups in total. The summed E-state index contributed by atoms with van der Waals surface area (Å²) in [6.07, 6.45) is 0. The summed E-state index contributed by atoms with van der Waals surface area (Å²) < 4.78 is 7.83. The second kappa shape index (κ2) is 707. The van der Waals surface area contributed by atoms with E-state index in [1.54, 1.807) is 0 Å². The number of hydrogen-bond donors (Lipinski definition) is 0.